The first kappa shape index (κ1) is 15.0. The summed E-state index contributed by atoms with van der Waals surface area (Å²) < 4.78 is 5.70. The summed E-state index contributed by atoms with van der Waals surface area (Å²) in [7, 11) is 0. The summed E-state index contributed by atoms with van der Waals surface area (Å²) in [5.41, 5.74) is 3.54. The van der Waals surface area contributed by atoms with Gasteiger partial charge in [-0.3, -0.25) is 5.43 Å². The van der Waals surface area contributed by atoms with Crippen LogP contribution >= 0.6 is 0 Å². The molecule has 1 heterocycles. The van der Waals surface area contributed by atoms with E-state index in [1.54, 1.807) is 0 Å². The summed E-state index contributed by atoms with van der Waals surface area (Å²) in [5, 5.41) is 0. The first-order chi connectivity index (χ1) is 10.2. The minimum absolute atomic E-state index is 0.213. The molecule has 0 amide bonds. The van der Waals surface area contributed by atoms with E-state index < -0.39 is 0 Å². The Morgan fingerprint density at radius 1 is 1.19 bits per heavy atom. The van der Waals surface area contributed by atoms with Crippen LogP contribution in [0.1, 0.15) is 19.4 Å². The van der Waals surface area contributed by atoms with Crippen molar-refractivity contribution in [2.75, 3.05) is 23.4 Å². The van der Waals surface area contributed by atoms with Crippen molar-refractivity contribution in [3.63, 3.8) is 0 Å². The number of nitrogens with zero attached hydrogens (tertiary/aromatic N) is 4. The maximum Gasteiger partial charge on any atom is 0.328 e. The molecular weight excluding hydrogens is 268 g/mol. The Morgan fingerprint density at radius 2 is 1.95 bits per heavy atom. The number of nitrogens with one attached hydrogen (secondary N) is 1. The Balaban J connectivity index is 2.32. The number of anilines is 2. The zero-order valence-corrected chi connectivity index (χ0v) is 12.5. The lowest BCUT2D eigenvalue weighted by Gasteiger charge is -2.19. The van der Waals surface area contributed by atoms with Crippen LogP contribution in [0.15, 0.2) is 24.3 Å². The molecule has 0 bridgehead atoms. The average molecular weight is 288 g/mol. The number of aromatic nitrogens is 3. The minimum atomic E-state index is 0.213. The molecule has 0 saturated carbocycles. The number of hydrazine groups is 1. The Morgan fingerprint density at radius 3 is 2.57 bits per heavy atom. The van der Waals surface area contributed by atoms with E-state index in [1.807, 2.05) is 49.9 Å². The van der Waals surface area contributed by atoms with E-state index in [4.69, 9.17) is 10.6 Å². The van der Waals surface area contributed by atoms with Gasteiger partial charge in [-0.05, 0) is 38.5 Å². The van der Waals surface area contributed by atoms with Crippen LogP contribution in [-0.4, -0.2) is 28.0 Å². The number of aryl methyl sites for hydroxylation is 1. The summed E-state index contributed by atoms with van der Waals surface area (Å²) in [6.07, 6.45) is 0. The molecule has 2 aromatic rings. The third-order valence-corrected chi connectivity index (χ3v) is 2.98. The van der Waals surface area contributed by atoms with Crippen molar-refractivity contribution in [1.82, 2.24) is 15.0 Å². The average Bonchev–Trinajstić information content (AvgIpc) is 2.48. The van der Waals surface area contributed by atoms with Crippen LogP contribution in [0.25, 0.3) is 0 Å². The molecule has 1 aromatic carbocycles. The summed E-state index contributed by atoms with van der Waals surface area (Å²) >= 11 is 0. The van der Waals surface area contributed by atoms with Gasteiger partial charge in [-0.1, -0.05) is 12.1 Å². The van der Waals surface area contributed by atoms with Crippen LogP contribution in [0, 0.1) is 6.92 Å². The van der Waals surface area contributed by atoms with E-state index in [-0.39, 0.29) is 12.0 Å². The van der Waals surface area contributed by atoms with Gasteiger partial charge in [-0.25, -0.2) is 5.84 Å². The zero-order valence-electron chi connectivity index (χ0n) is 12.5. The molecule has 0 aliphatic rings. The highest BCUT2D eigenvalue weighted by atomic mass is 16.5. The van der Waals surface area contributed by atoms with Crippen LogP contribution < -0.4 is 20.9 Å². The molecule has 0 saturated heterocycles. The second-order valence-electron chi connectivity index (χ2n) is 4.48. The van der Waals surface area contributed by atoms with Crippen LogP contribution in [0.4, 0.5) is 11.9 Å². The lowest BCUT2D eigenvalue weighted by atomic mass is 10.2. The van der Waals surface area contributed by atoms with Crippen LogP contribution in [0.2, 0.25) is 0 Å². The second kappa shape index (κ2) is 6.85. The van der Waals surface area contributed by atoms with Crippen LogP contribution in [0.5, 0.6) is 11.8 Å². The lowest BCUT2D eigenvalue weighted by Crippen LogP contribution is -2.25. The molecule has 7 heteroatoms. The van der Waals surface area contributed by atoms with Gasteiger partial charge in [0.05, 0.1) is 0 Å². The van der Waals surface area contributed by atoms with Gasteiger partial charge in [-0.15, -0.1) is 0 Å². The highest BCUT2D eigenvalue weighted by molar-refractivity contribution is 5.38. The monoisotopic (exact) mass is 288 g/mol. The quantitative estimate of drug-likeness (QED) is 0.621. The van der Waals surface area contributed by atoms with Gasteiger partial charge in [0, 0.05) is 13.1 Å². The maximum absolute atomic E-state index is 5.70. The van der Waals surface area contributed by atoms with E-state index >= 15 is 0 Å². The summed E-state index contributed by atoms with van der Waals surface area (Å²) in [4.78, 5) is 14.7. The van der Waals surface area contributed by atoms with Gasteiger partial charge in [0.25, 0.3) is 0 Å². The number of ether oxygens (including phenoxy) is 1. The van der Waals surface area contributed by atoms with Crippen molar-refractivity contribution in [2.45, 2.75) is 20.8 Å². The fraction of sp³-hybridized carbons (Fsp3) is 0.357. The Kier molecular flexibility index (Phi) is 4.89. The number of nitrogen functional groups attached to an aromatic ring is 1. The van der Waals surface area contributed by atoms with E-state index in [0.717, 1.165) is 18.7 Å². The normalized spacial score (nSPS) is 10.3. The molecule has 0 spiro atoms. The highest BCUT2D eigenvalue weighted by Gasteiger charge is 2.12. The van der Waals surface area contributed by atoms with Crippen molar-refractivity contribution >= 4 is 11.9 Å². The number of benzene rings is 1. The third kappa shape index (κ3) is 3.79. The highest BCUT2D eigenvalue weighted by Crippen LogP contribution is 2.21. The maximum atomic E-state index is 5.70. The molecule has 0 aliphatic heterocycles. The third-order valence-electron chi connectivity index (χ3n) is 2.98. The number of hydrogen-bond acceptors (Lipinski definition) is 7. The first-order valence-electron chi connectivity index (χ1n) is 6.88. The van der Waals surface area contributed by atoms with Crippen molar-refractivity contribution in [3.8, 4) is 11.8 Å². The molecule has 7 nitrogen and oxygen atoms in total. The SMILES string of the molecule is CCN(CC)c1nc(NN)nc(Oc2cccc(C)c2)n1. The molecule has 0 atom stereocenters. The van der Waals surface area contributed by atoms with E-state index in [0.29, 0.717) is 11.7 Å². The molecule has 1 aromatic heterocycles. The van der Waals surface area contributed by atoms with Crippen molar-refractivity contribution in [2.24, 2.45) is 5.84 Å². The molecule has 112 valence electrons. The van der Waals surface area contributed by atoms with Gasteiger partial charge in [0.15, 0.2) is 0 Å². The molecule has 0 aliphatic carbocycles. The molecule has 0 fully saturated rings. The lowest BCUT2D eigenvalue weighted by molar-refractivity contribution is 0.439. The fourth-order valence-corrected chi connectivity index (χ4v) is 1.89. The largest absolute Gasteiger partial charge is 0.424 e. The first-order valence-corrected chi connectivity index (χ1v) is 6.88. The van der Waals surface area contributed by atoms with Crippen molar-refractivity contribution in [3.05, 3.63) is 29.8 Å². The zero-order chi connectivity index (χ0) is 15.2. The molecule has 3 N–H and O–H groups in total. The van der Waals surface area contributed by atoms with Gasteiger partial charge in [0.1, 0.15) is 5.75 Å². The van der Waals surface area contributed by atoms with Gasteiger partial charge >= 0.3 is 6.01 Å². The van der Waals surface area contributed by atoms with Gasteiger partial charge in [0.2, 0.25) is 11.9 Å². The van der Waals surface area contributed by atoms with Gasteiger partial charge in [-0.2, -0.15) is 15.0 Å². The molecule has 21 heavy (non-hydrogen) atoms. The Bertz CT molecular complexity index is 600. The smallest absolute Gasteiger partial charge is 0.328 e. The van der Waals surface area contributed by atoms with E-state index in [9.17, 15) is 0 Å². The summed E-state index contributed by atoms with van der Waals surface area (Å²) in [5.74, 6) is 6.89. The molecule has 0 radical (unpaired) electrons. The standard InChI is InChI=1S/C14H20N6O/c1-4-20(5-2)13-16-12(19-15)17-14(18-13)21-11-8-6-7-10(3)9-11/h6-9H,4-5,15H2,1-3H3,(H,16,17,18,19). The fourth-order valence-electron chi connectivity index (χ4n) is 1.89. The minimum Gasteiger partial charge on any atom is -0.424 e. The molecule has 0 unspecified atom stereocenters. The molecular formula is C14H20N6O. The van der Waals surface area contributed by atoms with E-state index in [1.165, 1.54) is 0 Å². The Labute approximate surface area is 124 Å². The predicted molar refractivity (Wildman–Crippen MR) is 82.5 cm³/mol. The van der Waals surface area contributed by atoms with Gasteiger partial charge < -0.3 is 9.64 Å². The summed E-state index contributed by atoms with van der Waals surface area (Å²) in [6.45, 7) is 7.63. The number of nitrogens with two attached hydrogens (primary N) is 1. The van der Waals surface area contributed by atoms with Crippen molar-refractivity contribution < 1.29 is 4.74 Å². The number of hydrogen-bond donors (Lipinski definition) is 2. The molecule has 2 rings (SSSR count). The topological polar surface area (TPSA) is 89.2 Å². The Hall–Kier alpha value is -2.41. The van der Waals surface area contributed by atoms with E-state index in [2.05, 4.69) is 20.4 Å². The summed E-state index contributed by atoms with van der Waals surface area (Å²) in [6, 6.07) is 7.89. The van der Waals surface area contributed by atoms with Crippen LogP contribution in [-0.2, 0) is 0 Å². The van der Waals surface area contributed by atoms with Crippen molar-refractivity contribution in [1.29, 1.82) is 0 Å². The number of rotatable bonds is 6. The second-order valence-corrected chi connectivity index (χ2v) is 4.48. The predicted octanol–water partition coefficient (Wildman–Crippen LogP) is 2.10. The van der Waals surface area contributed by atoms with Crippen LogP contribution in [0.3, 0.4) is 0 Å².